The first kappa shape index (κ1) is 21.5. The lowest BCUT2D eigenvalue weighted by Crippen LogP contribution is -2.62. The van der Waals surface area contributed by atoms with Gasteiger partial charge in [-0.25, -0.2) is 9.97 Å². The molecule has 1 fully saturated rings. The molecule has 0 unspecified atom stereocenters. The highest BCUT2D eigenvalue weighted by molar-refractivity contribution is 5.27. The Balaban J connectivity index is 1.84. The summed E-state index contributed by atoms with van der Waals surface area (Å²) in [7, 11) is 3.29. The van der Waals surface area contributed by atoms with Crippen LogP contribution in [0.2, 0.25) is 0 Å². The third-order valence-electron chi connectivity index (χ3n) is 5.48. The monoisotopic (exact) mass is 398 g/mol. The van der Waals surface area contributed by atoms with Crippen LogP contribution in [0.3, 0.4) is 0 Å². The predicted molar refractivity (Wildman–Crippen MR) is 115 cm³/mol. The fourth-order valence-corrected chi connectivity index (χ4v) is 4.57. The van der Waals surface area contributed by atoms with Crippen LogP contribution in [0.5, 0.6) is 11.8 Å². The lowest BCUT2D eigenvalue weighted by Gasteiger charge is -2.49. The maximum Gasteiger partial charge on any atom is 0.316 e. The summed E-state index contributed by atoms with van der Waals surface area (Å²) >= 11 is 0. The van der Waals surface area contributed by atoms with Crippen LogP contribution in [0.1, 0.15) is 51.7 Å². The van der Waals surface area contributed by atoms with E-state index >= 15 is 0 Å². The van der Waals surface area contributed by atoms with Crippen LogP contribution in [-0.4, -0.2) is 46.2 Å². The van der Waals surface area contributed by atoms with Gasteiger partial charge in [0.25, 0.3) is 0 Å². The second-order valence-corrected chi connectivity index (χ2v) is 9.29. The number of aromatic nitrogens is 2. The molecule has 1 N–H and O–H groups in total. The molecule has 29 heavy (non-hydrogen) atoms. The molecular weight excluding hydrogens is 364 g/mol. The maximum absolute atomic E-state index is 5.31. The van der Waals surface area contributed by atoms with Gasteiger partial charge in [0, 0.05) is 48.2 Å². The van der Waals surface area contributed by atoms with Crippen molar-refractivity contribution in [2.45, 2.75) is 70.7 Å². The van der Waals surface area contributed by atoms with E-state index in [1.165, 1.54) is 5.56 Å². The Bertz CT molecular complexity index is 722. The van der Waals surface area contributed by atoms with Crippen molar-refractivity contribution < 1.29 is 9.47 Å². The largest absolute Gasteiger partial charge is 0.497 e. The van der Waals surface area contributed by atoms with Gasteiger partial charge in [0.1, 0.15) is 5.75 Å². The van der Waals surface area contributed by atoms with E-state index in [1.807, 2.05) is 24.5 Å². The van der Waals surface area contributed by atoms with Crippen LogP contribution >= 0.6 is 0 Å². The van der Waals surface area contributed by atoms with Crippen molar-refractivity contribution in [3.63, 3.8) is 0 Å². The van der Waals surface area contributed by atoms with Crippen LogP contribution in [-0.2, 0) is 13.1 Å². The molecular formula is C23H34N4O2. The molecule has 3 rings (SSSR count). The van der Waals surface area contributed by atoms with E-state index in [9.17, 15) is 0 Å². The van der Waals surface area contributed by atoms with Crippen molar-refractivity contribution in [2.75, 3.05) is 14.2 Å². The Morgan fingerprint density at radius 1 is 0.897 bits per heavy atom. The summed E-state index contributed by atoms with van der Waals surface area (Å²) in [4.78, 5) is 11.1. The van der Waals surface area contributed by atoms with E-state index in [-0.39, 0.29) is 11.1 Å². The summed E-state index contributed by atoms with van der Waals surface area (Å²) in [6.07, 6.45) is 5.90. The Labute approximate surface area is 174 Å². The van der Waals surface area contributed by atoms with Gasteiger partial charge in [-0.1, -0.05) is 12.1 Å². The highest BCUT2D eigenvalue weighted by Crippen LogP contribution is 2.33. The fraction of sp³-hybridized carbons (Fsp3) is 0.565. The second-order valence-electron chi connectivity index (χ2n) is 9.29. The Kier molecular flexibility index (Phi) is 6.44. The van der Waals surface area contributed by atoms with Gasteiger partial charge in [-0.15, -0.1) is 0 Å². The lowest BCUT2D eigenvalue weighted by molar-refractivity contribution is 0.0562. The Hall–Kier alpha value is -2.18. The van der Waals surface area contributed by atoms with Crippen LogP contribution in [0, 0.1) is 0 Å². The molecule has 1 saturated heterocycles. The van der Waals surface area contributed by atoms with E-state index in [2.05, 4.69) is 60.0 Å². The molecule has 1 aromatic carbocycles. The summed E-state index contributed by atoms with van der Waals surface area (Å²) in [5.74, 6) is 0.882. The van der Waals surface area contributed by atoms with Crippen LogP contribution in [0.25, 0.3) is 0 Å². The summed E-state index contributed by atoms with van der Waals surface area (Å²) < 4.78 is 10.4. The van der Waals surface area contributed by atoms with E-state index in [4.69, 9.17) is 9.47 Å². The molecule has 0 aliphatic carbocycles. The number of nitrogens with zero attached hydrogens (tertiary/aromatic N) is 3. The lowest BCUT2D eigenvalue weighted by atomic mass is 9.79. The van der Waals surface area contributed by atoms with Gasteiger partial charge >= 0.3 is 6.01 Å². The summed E-state index contributed by atoms with van der Waals surface area (Å²) in [5, 5.41) is 3.79. The quantitative estimate of drug-likeness (QED) is 0.765. The summed E-state index contributed by atoms with van der Waals surface area (Å²) in [6, 6.07) is 9.20. The average molecular weight is 399 g/mol. The van der Waals surface area contributed by atoms with Gasteiger partial charge in [-0.3, -0.25) is 4.90 Å². The second kappa shape index (κ2) is 8.67. The van der Waals surface area contributed by atoms with Gasteiger partial charge in [-0.2, -0.15) is 0 Å². The zero-order valence-electron chi connectivity index (χ0n) is 18.5. The van der Waals surface area contributed by atoms with Crippen molar-refractivity contribution in [3.05, 3.63) is 47.8 Å². The highest BCUT2D eigenvalue weighted by Gasteiger charge is 2.39. The van der Waals surface area contributed by atoms with E-state index in [0.29, 0.717) is 12.1 Å². The van der Waals surface area contributed by atoms with Gasteiger partial charge < -0.3 is 14.8 Å². The van der Waals surface area contributed by atoms with Gasteiger partial charge in [-0.05, 0) is 58.2 Å². The third kappa shape index (κ3) is 5.90. The SMILES string of the molecule is COc1ccc(CN(Cc2cnc(OC)nc2)C2CC(C)(C)NC(C)(C)C2)cc1. The first-order valence-electron chi connectivity index (χ1n) is 10.2. The van der Waals surface area contributed by atoms with E-state index < -0.39 is 0 Å². The Morgan fingerprint density at radius 2 is 1.45 bits per heavy atom. The minimum atomic E-state index is 0.0843. The van der Waals surface area contributed by atoms with Crippen molar-refractivity contribution in [3.8, 4) is 11.8 Å². The number of piperidine rings is 1. The smallest absolute Gasteiger partial charge is 0.316 e. The molecule has 0 saturated carbocycles. The molecule has 0 radical (unpaired) electrons. The third-order valence-corrected chi connectivity index (χ3v) is 5.48. The highest BCUT2D eigenvalue weighted by atomic mass is 16.5. The molecule has 0 amide bonds. The first-order valence-corrected chi connectivity index (χ1v) is 10.2. The fourth-order valence-electron chi connectivity index (χ4n) is 4.57. The first-order chi connectivity index (χ1) is 13.7. The van der Waals surface area contributed by atoms with Crippen molar-refractivity contribution in [1.82, 2.24) is 20.2 Å². The topological polar surface area (TPSA) is 59.5 Å². The van der Waals surface area contributed by atoms with E-state index in [0.717, 1.165) is 37.2 Å². The molecule has 1 aromatic heterocycles. The number of ether oxygens (including phenoxy) is 2. The molecule has 1 aliphatic heterocycles. The number of hydrogen-bond acceptors (Lipinski definition) is 6. The van der Waals surface area contributed by atoms with Gasteiger partial charge in [0.2, 0.25) is 0 Å². The molecule has 1 aliphatic rings. The van der Waals surface area contributed by atoms with Crippen molar-refractivity contribution >= 4 is 0 Å². The molecule has 2 aromatic rings. The molecule has 0 bridgehead atoms. The van der Waals surface area contributed by atoms with Crippen molar-refractivity contribution in [2.24, 2.45) is 0 Å². The van der Waals surface area contributed by atoms with Crippen LogP contribution in [0.15, 0.2) is 36.7 Å². The molecule has 0 spiro atoms. The summed E-state index contributed by atoms with van der Waals surface area (Å²) in [5.41, 5.74) is 2.53. The van der Waals surface area contributed by atoms with Gasteiger partial charge in [0.15, 0.2) is 0 Å². The maximum atomic E-state index is 5.31. The number of rotatable bonds is 7. The predicted octanol–water partition coefficient (Wildman–Crippen LogP) is 3.81. The molecule has 0 atom stereocenters. The van der Waals surface area contributed by atoms with Crippen LogP contribution in [0.4, 0.5) is 0 Å². The normalized spacial score (nSPS) is 18.6. The average Bonchev–Trinajstić information content (AvgIpc) is 2.66. The number of methoxy groups -OCH3 is 2. The number of hydrogen-bond donors (Lipinski definition) is 1. The number of benzene rings is 1. The Morgan fingerprint density at radius 3 is 1.97 bits per heavy atom. The number of nitrogens with one attached hydrogen (secondary N) is 1. The zero-order chi connectivity index (χ0) is 21.1. The molecule has 6 nitrogen and oxygen atoms in total. The van der Waals surface area contributed by atoms with Gasteiger partial charge in [0.05, 0.1) is 14.2 Å². The molecule has 2 heterocycles. The molecule has 6 heteroatoms. The van der Waals surface area contributed by atoms with Crippen LogP contribution < -0.4 is 14.8 Å². The molecule has 158 valence electrons. The standard InChI is InChI=1S/C23H34N4O2/c1-22(2)11-19(12-23(3,4)26-22)27(15-17-7-9-20(28-5)10-8-17)16-18-13-24-21(29-6)25-14-18/h7-10,13-14,19,26H,11-12,15-16H2,1-6H3. The minimum absolute atomic E-state index is 0.0843. The van der Waals surface area contributed by atoms with E-state index in [1.54, 1.807) is 14.2 Å². The zero-order valence-corrected chi connectivity index (χ0v) is 18.5. The summed E-state index contributed by atoms with van der Waals surface area (Å²) in [6.45, 7) is 10.8. The van der Waals surface area contributed by atoms with Crippen molar-refractivity contribution in [1.29, 1.82) is 0 Å². The minimum Gasteiger partial charge on any atom is -0.497 e.